The average molecular weight is 664 g/mol. The van der Waals surface area contributed by atoms with Crippen LogP contribution in [0.3, 0.4) is 0 Å². The summed E-state index contributed by atoms with van der Waals surface area (Å²) in [6.07, 6.45) is 40.3. The van der Waals surface area contributed by atoms with E-state index >= 15 is 0 Å². The van der Waals surface area contributed by atoms with Gasteiger partial charge in [0, 0.05) is 0 Å². The first kappa shape index (κ1) is 45.5. The van der Waals surface area contributed by atoms with Gasteiger partial charge in [0.1, 0.15) is 12.2 Å². The van der Waals surface area contributed by atoms with E-state index in [-0.39, 0.29) is 0 Å². The quantitative estimate of drug-likeness (QED) is 0.0343. The molecule has 0 fully saturated rings. The van der Waals surface area contributed by atoms with Crippen LogP contribution < -0.4 is 5.32 Å². The molecule has 0 aliphatic rings. The lowest BCUT2D eigenvalue weighted by molar-refractivity contribution is -0.132. The maximum Gasteiger partial charge on any atom is 0.249 e. The Morgan fingerprint density at radius 1 is 0.511 bits per heavy atom. The summed E-state index contributed by atoms with van der Waals surface area (Å²) in [5.41, 5.74) is 0. The highest BCUT2D eigenvalue weighted by Crippen LogP contribution is 2.14. The number of hydrogen-bond donors (Lipinski definition) is 5. The molecule has 0 rings (SSSR count). The molecule has 0 aliphatic heterocycles. The minimum absolute atomic E-state index is 0.359. The first-order chi connectivity index (χ1) is 23.0. The molecular weight excluding hydrogens is 586 g/mol. The highest BCUT2D eigenvalue weighted by molar-refractivity contribution is 5.80. The number of carbonyl (C=O) groups is 1. The molecule has 47 heavy (non-hydrogen) atoms. The first-order valence-corrected chi connectivity index (χ1v) is 19.9. The molecule has 276 valence electrons. The first-order valence-electron chi connectivity index (χ1n) is 19.9. The molecule has 4 unspecified atom stereocenters. The molecule has 0 bridgehead atoms. The van der Waals surface area contributed by atoms with Crippen LogP contribution in [0.4, 0.5) is 0 Å². The van der Waals surface area contributed by atoms with Crippen LogP contribution in [-0.2, 0) is 4.79 Å². The maximum atomic E-state index is 12.4. The third-order valence-electron chi connectivity index (χ3n) is 9.06. The fourth-order valence-corrected chi connectivity index (χ4v) is 5.85. The number of rotatable bonds is 35. The number of hydrogen-bond acceptors (Lipinski definition) is 5. The van der Waals surface area contributed by atoms with Crippen molar-refractivity contribution in [3.05, 3.63) is 36.5 Å². The van der Waals surface area contributed by atoms with E-state index in [9.17, 15) is 25.2 Å². The van der Waals surface area contributed by atoms with Crippen molar-refractivity contribution in [1.82, 2.24) is 5.32 Å². The van der Waals surface area contributed by atoms with Crippen LogP contribution in [0.15, 0.2) is 36.5 Å². The van der Waals surface area contributed by atoms with E-state index in [1.165, 1.54) is 103 Å². The van der Waals surface area contributed by atoms with Gasteiger partial charge in [0.15, 0.2) is 0 Å². The molecule has 0 aromatic carbocycles. The van der Waals surface area contributed by atoms with E-state index in [1.807, 2.05) is 0 Å². The fraction of sp³-hybridized carbons (Fsp3) is 0.829. The van der Waals surface area contributed by atoms with Gasteiger partial charge in [-0.2, -0.15) is 0 Å². The van der Waals surface area contributed by atoms with Gasteiger partial charge in [-0.1, -0.05) is 159 Å². The molecule has 5 N–H and O–H groups in total. The summed E-state index contributed by atoms with van der Waals surface area (Å²) in [5, 5.41) is 43.4. The van der Waals surface area contributed by atoms with Crippen molar-refractivity contribution in [2.75, 3.05) is 6.61 Å². The van der Waals surface area contributed by atoms with Crippen LogP contribution in [0.2, 0.25) is 0 Å². The van der Waals surface area contributed by atoms with E-state index in [0.717, 1.165) is 51.4 Å². The van der Waals surface area contributed by atoms with Crippen molar-refractivity contribution in [3.63, 3.8) is 0 Å². The molecule has 0 radical (unpaired) electrons. The summed E-state index contributed by atoms with van der Waals surface area (Å²) in [4.78, 5) is 12.4. The van der Waals surface area contributed by atoms with E-state index in [0.29, 0.717) is 19.3 Å². The summed E-state index contributed by atoms with van der Waals surface area (Å²) < 4.78 is 0. The monoisotopic (exact) mass is 664 g/mol. The zero-order chi connectivity index (χ0) is 34.6. The van der Waals surface area contributed by atoms with Gasteiger partial charge >= 0.3 is 0 Å². The second kappa shape index (κ2) is 35.8. The van der Waals surface area contributed by atoms with Crippen molar-refractivity contribution in [3.8, 4) is 0 Å². The Kier molecular flexibility index (Phi) is 34.7. The Hall–Kier alpha value is -1.47. The zero-order valence-electron chi connectivity index (χ0n) is 30.8. The predicted octanol–water partition coefficient (Wildman–Crippen LogP) is 9.79. The van der Waals surface area contributed by atoms with Crippen molar-refractivity contribution in [2.24, 2.45) is 0 Å². The molecule has 6 nitrogen and oxygen atoms in total. The van der Waals surface area contributed by atoms with Crippen LogP contribution in [0.25, 0.3) is 0 Å². The van der Waals surface area contributed by atoms with Crippen molar-refractivity contribution in [2.45, 2.75) is 212 Å². The molecule has 0 saturated carbocycles. The minimum atomic E-state index is -1.29. The fourth-order valence-electron chi connectivity index (χ4n) is 5.85. The Bertz CT molecular complexity index is 752. The summed E-state index contributed by atoms with van der Waals surface area (Å²) in [5.74, 6) is -0.603. The summed E-state index contributed by atoms with van der Waals surface area (Å²) in [7, 11) is 0. The lowest BCUT2D eigenvalue weighted by atomic mass is 10.00. The van der Waals surface area contributed by atoms with Gasteiger partial charge in [0.05, 0.1) is 18.8 Å². The normalized spacial score (nSPS) is 14.8. The summed E-state index contributed by atoms with van der Waals surface area (Å²) >= 11 is 0. The maximum absolute atomic E-state index is 12.4. The standard InChI is InChI=1S/C41H77NO5/c1-3-5-7-9-11-13-15-16-17-18-19-20-21-22-23-24-25-27-28-30-32-34-38(44)40(46)37(36-43)42-41(47)39(45)35-33-31-29-26-14-12-10-8-6-4-2/h18-19,22-23,27-28,37-40,43-46H,3-17,20-21,24-26,29-36H2,1-2H3,(H,42,47)/b19-18+,23-22+,28-27+. The van der Waals surface area contributed by atoms with Crippen LogP contribution >= 0.6 is 0 Å². The van der Waals surface area contributed by atoms with Gasteiger partial charge in [0.25, 0.3) is 0 Å². The second-order valence-corrected chi connectivity index (χ2v) is 13.6. The van der Waals surface area contributed by atoms with Gasteiger partial charge in [-0.15, -0.1) is 0 Å². The van der Waals surface area contributed by atoms with Crippen molar-refractivity contribution >= 4 is 5.91 Å². The van der Waals surface area contributed by atoms with Gasteiger partial charge in [-0.05, 0) is 64.2 Å². The van der Waals surface area contributed by atoms with E-state index in [4.69, 9.17) is 0 Å². The number of unbranched alkanes of at least 4 members (excludes halogenated alkanes) is 20. The Morgan fingerprint density at radius 3 is 1.34 bits per heavy atom. The predicted molar refractivity (Wildman–Crippen MR) is 200 cm³/mol. The minimum Gasteiger partial charge on any atom is -0.394 e. The highest BCUT2D eigenvalue weighted by Gasteiger charge is 2.28. The number of aliphatic hydroxyl groups is 4. The van der Waals surface area contributed by atoms with Crippen LogP contribution in [0, 0.1) is 0 Å². The third-order valence-corrected chi connectivity index (χ3v) is 9.06. The molecule has 1 amide bonds. The van der Waals surface area contributed by atoms with Crippen LogP contribution in [0.1, 0.15) is 187 Å². The number of carbonyl (C=O) groups excluding carboxylic acids is 1. The number of allylic oxidation sites excluding steroid dienone is 6. The summed E-state index contributed by atoms with van der Waals surface area (Å²) in [6, 6.07) is -1.01. The van der Waals surface area contributed by atoms with Crippen molar-refractivity contribution < 1.29 is 25.2 Å². The molecule has 0 spiro atoms. The Morgan fingerprint density at radius 2 is 0.894 bits per heavy atom. The van der Waals surface area contributed by atoms with Gasteiger partial charge < -0.3 is 25.7 Å². The lowest BCUT2D eigenvalue weighted by Crippen LogP contribution is -2.53. The third kappa shape index (κ3) is 30.3. The number of amides is 1. The highest BCUT2D eigenvalue weighted by atomic mass is 16.3. The van der Waals surface area contributed by atoms with Crippen LogP contribution in [0.5, 0.6) is 0 Å². The number of aliphatic hydroxyl groups excluding tert-OH is 4. The van der Waals surface area contributed by atoms with E-state index in [1.54, 1.807) is 0 Å². The topological polar surface area (TPSA) is 110 Å². The summed E-state index contributed by atoms with van der Waals surface area (Å²) in [6.45, 7) is 3.99. The second-order valence-electron chi connectivity index (χ2n) is 13.6. The Balaban J connectivity index is 3.86. The van der Waals surface area contributed by atoms with Crippen molar-refractivity contribution in [1.29, 1.82) is 0 Å². The van der Waals surface area contributed by atoms with Crippen LogP contribution in [-0.4, -0.2) is 57.3 Å². The van der Waals surface area contributed by atoms with E-state index in [2.05, 4.69) is 55.6 Å². The zero-order valence-corrected chi connectivity index (χ0v) is 30.8. The van der Waals surface area contributed by atoms with Gasteiger partial charge in [-0.25, -0.2) is 0 Å². The van der Waals surface area contributed by atoms with Gasteiger partial charge in [-0.3, -0.25) is 4.79 Å². The molecule has 0 aromatic heterocycles. The number of nitrogens with one attached hydrogen (secondary N) is 1. The Labute approximate surface area is 290 Å². The average Bonchev–Trinajstić information content (AvgIpc) is 3.07. The lowest BCUT2D eigenvalue weighted by Gasteiger charge is -2.27. The largest absolute Gasteiger partial charge is 0.394 e. The molecule has 0 heterocycles. The molecular formula is C41H77NO5. The molecule has 0 aromatic rings. The van der Waals surface area contributed by atoms with E-state index < -0.39 is 36.9 Å². The SMILES string of the molecule is CCCCCCCCCC/C=C/CC/C=C/CC/C=C/CCCC(O)C(O)C(CO)NC(=O)C(O)CCCCCCCCCCCC. The smallest absolute Gasteiger partial charge is 0.249 e. The molecule has 4 atom stereocenters. The van der Waals surface area contributed by atoms with Gasteiger partial charge in [0.2, 0.25) is 5.91 Å². The molecule has 0 aliphatic carbocycles. The molecule has 6 heteroatoms. The molecule has 0 saturated heterocycles.